The van der Waals surface area contributed by atoms with Crippen LogP contribution in [0.1, 0.15) is 17.5 Å². The predicted molar refractivity (Wildman–Crippen MR) is 84.7 cm³/mol. The molecule has 0 fully saturated rings. The molecule has 0 heterocycles. The molecular weight excluding hydrogens is 250 g/mol. The average Bonchev–Trinajstić information content (AvgIpc) is 2.47. The highest BCUT2D eigenvalue weighted by Gasteiger charge is 1.98. The van der Waals surface area contributed by atoms with Crippen molar-refractivity contribution in [2.24, 2.45) is 5.73 Å². The highest BCUT2D eigenvalue weighted by Crippen LogP contribution is 2.21. The van der Waals surface area contributed by atoms with E-state index >= 15 is 0 Å². The summed E-state index contributed by atoms with van der Waals surface area (Å²) in [4.78, 5) is 1.37. The van der Waals surface area contributed by atoms with Crippen LogP contribution >= 0.6 is 11.8 Å². The van der Waals surface area contributed by atoms with Crippen molar-refractivity contribution in [1.29, 1.82) is 0 Å². The van der Waals surface area contributed by atoms with Crippen LogP contribution in [0.4, 0.5) is 0 Å². The van der Waals surface area contributed by atoms with E-state index in [9.17, 15) is 0 Å². The Kier molecular flexibility index (Phi) is 5.99. The molecule has 2 aromatic rings. The maximum atomic E-state index is 5.55. The van der Waals surface area contributed by atoms with Crippen LogP contribution in [0, 0.1) is 0 Å². The van der Waals surface area contributed by atoms with Gasteiger partial charge in [0.25, 0.3) is 0 Å². The van der Waals surface area contributed by atoms with Gasteiger partial charge in [-0.05, 0) is 49.1 Å². The normalized spacial score (nSPS) is 10.6. The molecule has 0 aromatic heterocycles. The van der Waals surface area contributed by atoms with Crippen LogP contribution in [-0.4, -0.2) is 12.3 Å². The van der Waals surface area contributed by atoms with Crippen molar-refractivity contribution in [2.45, 2.75) is 24.2 Å². The van der Waals surface area contributed by atoms with Gasteiger partial charge in [0.1, 0.15) is 0 Å². The van der Waals surface area contributed by atoms with Crippen molar-refractivity contribution in [3.63, 3.8) is 0 Å². The Morgan fingerprint density at radius 3 is 2.42 bits per heavy atom. The number of rotatable bonds is 7. The molecule has 100 valence electrons. The minimum Gasteiger partial charge on any atom is -0.330 e. The molecule has 0 amide bonds. The van der Waals surface area contributed by atoms with Gasteiger partial charge in [-0.1, -0.05) is 42.5 Å². The van der Waals surface area contributed by atoms with Gasteiger partial charge in [0, 0.05) is 10.6 Å². The van der Waals surface area contributed by atoms with Gasteiger partial charge in [-0.15, -0.1) is 11.8 Å². The minimum atomic E-state index is 0.769. The molecule has 0 aliphatic rings. The lowest BCUT2D eigenvalue weighted by Crippen LogP contribution is -2.00. The standard InChI is InChI=1S/C17H21NS/c18-12-5-9-16-8-4-10-17(14-16)19-13-11-15-6-2-1-3-7-15/h1-4,6-8,10,14H,5,9,11-13,18H2. The average molecular weight is 271 g/mol. The molecule has 2 N–H and O–H groups in total. The molecule has 19 heavy (non-hydrogen) atoms. The monoisotopic (exact) mass is 271 g/mol. The van der Waals surface area contributed by atoms with Crippen molar-refractivity contribution in [2.75, 3.05) is 12.3 Å². The fourth-order valence-electron chi connectivity index (χ4n) is 2.03. The van der Waals surface area contributed by atoms with Gasteiger partial charge in [-0.2, -0.15) is 0 Å². The van der Waals surface area contributed by atoms with E-state index in [0.717, 1.165) is 31.6 Å². The SMILES string of the molecule is NCCCc1cccc(SCCc2ccccc2)c1. The number of nitrogens with two attached hydrogens (primary N) is 1. The number of aryl methyl sites for hydroxylation is 2. The zero-order valence-corrected chi connectivity index (χ0v) is 12.0. The largest absolute Gasteiger partial charge is 0.330 e. The van der Waals surface area contributed by atoms with Crippen LogP contribution in [-0.2, 0) is 12.8 Å². The summed E-state index contributed by atoms with van der Waals surface area (Å²) in [6.07, 6.45) is 3.28. The third-order valence-corrected chi connectivity index (χ3v) is 4.07. The highest BCUT2D eigenvalue weighted by atomic mass is 32.2. The molecule has 0 atom stereocenters. The Hall–Kier alpha value is -1.25. The summed E-state index contributed by atoms with van der Waals surface area (Å²) in [7, 11) is 0. The van der Waals surface area contributed by atoms with Crippen LogP contribution in [0.3, 0.4) is 0 Å². The van der Waals surface area contributed by atoms with Gasteiger partial charge in [-0.25, -0.2) is 0 Å². The van der Waals surface area contributed by atoms with Crippen molar-refractivity contribution in [1.82, 2.24) is 0 Å². The van der Waals surface area contributed by atoms with E-state index in [1.54, 1.807) is 0 Å². The van der Waals surface area contributed by atoms with Crippen molar-refractivity contribution in [3.05, 3.63) is 65.7 Å². The molecule has 0 unspecified atom stereocenters. The first-order chi connectivity index (χ1) is 9.38. The molecule has 0 aliphatic carbocycles. The summed E-state index contributed by atoms with van der Waals surface area (Å²) in [5.74, 6) is 1.13. The molecule has 1 nitrogen and oxygen atoms in total. The third-order valence-electron chi connectivity index (χ3n) is 3.07. The van der Waals surface area contributed by atoms with Gasteiger partial charge in [-0.3, -0.25) is 0 Å². The molecule has 0 aliphatic heterocycles. The molecule has 2 rings (SSSR count). The quantitative estimate of drug-likeness (QED) is 0.773. The number of benzene rings is 2. The zero-order valence-electron chi connectivity index (χ0n) is 11.2. The Balaban J connectivity index is 1.82. The summed E-state index contributed by atoms with van der Waals surface area (Å²) in [6.45, 7) is 0.769. The van der Waals surface area contributed by atoms with Gasteiger partial charge >= 0.3 is 0 Å². The van der Waals surface area contributed by atoms with Crippen LogP contribution in [0.2, 0.25) is 0 Å². The van der Waals surface area contributed by atoms with E-state index in [1.165, 1.54) is 16.0 Å². The second-order valence-electron chi connectivity index (χ2n) is 4.62. The molecule has 0 spiro atoms. The summed E-state index contributed by atoms with van der Waals surface area (Å²) >= 11 is 1.93. The van der Waals surface area contributed by atoms with Gasteiger partial charge in [0.05, 0.1) is 0 Å². The van der Waals surface area contributed by atoms with E-state index in [1.807, 2.05) is 11.8 Å². The van der Waals surface area contributed by atoms with Crippen LogP contribution in [0.25, 0.3) is 0 Å². The number of hydrogen-bond donors (Lipinski definition) is 1. The Labute approximate surface area is 120 Å². The first-order valence-electron chi connectivity index (χ1n) is 6.84. The minimum absolute atomic E-state index is 0.769. The summed E-state index contributed by atoms with van der Waals surface area (Å²) < 4.78 is 0. The summed E-state index contributed by atoms with van der Waals surface area (Å²) in [5.41, 5.74) is 8.36. The Morgan fingerprint density at radius 1 is 0.842 bits per heavy atom. The van der Waals surface area contributed by atoms with E-state index in [-0.39, 0.29) is 0 Å². The topological polar surface area (TPSA) is 26.0 Å². The molecule has 0 radical (unpaired) electrons. The molecule has 0 saturated heterocycles. The van der Waals surface area contributed by atoms with Crippen molar-refractivity contribution < 1.29 is 0 Å². The van der Waals surface area contributed by atoms with Gasteiger partial charge < -0.3 is 5.73 Å². The molecule has 0 bridgehead atoms. The molecule has 2 heteroatoms. The molecule has 0 saturated carbocycles. The second kappa shape index (κ2) is 8.03. The van der Waals surface area contributed by atoms with Gasteiger partial charge in [0.2, 0.25) is 0 Å². The Morgan fingerprint density at radius 2 is 1.63 bits per heavy atom. The fourth-order valence-corrected chi connectivity index (χ4v) is 3.01. The first kappa shape index (κ1) is 14.2. The predicted octanol–water partition coefficient (Wildman–Crippen LogP) is 3.91. The lowest BCUT2D eigenvalue weighted by molar-refractivity contribution is 0.830. The maximum absolute atomic E-state index is 5.55. The maximum Gasteiger partial charge on any atom is 0.00747 e. The van der Waals surface area contributed by atoms with Crippen molar-refractivity contribution >= 4 is 11.8 Å². The smallest absolute Gasteiger partial charge is 0.00747 e. The van der Waals surface area contributed by atoms with E-state index in [2.05, 4.69) is 54.6 Å². The first-order valence-corrected chi connectivity index (χ1v) is 7.83. The molecule has 2 aromatic carbocycles. The second-order valence-corrected chi connectivity index (χ2v) is 5.79. The van der Waals surface area contributed by atoms with Crippen LogP contribution < -0.4 is 5.73 Å². The summed E-state index contributed by atoms with van der Waals surface area (Å²) in [6, 6.07) is 19.5. The number of thioether (sulfide) groups is 1. The number of hydrogen-bond acceptors (Lipinski definition) is 2. The van der Waals surface area contributed by atoms with Gasteiger partial charge in [0.15, 0.2) is 0 Å². The van der Waals surface area contributed by atoms with E-state index in [0.29, 0.717) is 0 Å². The third kappa shape index (κ3) is 5.09. The highest BCUT2D eigenvalue weighted by molar-refractivity contribution is 7.99. The van der Waals surface area contributed by atoms with E-state index < -0.39 is 0 Å². The van der Waals surface area contributed by atoms with Crippen LogP contribution in [0.5, 0.6) is 0 Å². The molecular formula is C17H21NS. The van der Waals surface area contributed by atoms with Crippen LogP contribution in [0.15, 0.2) is 59.5 Å². The lowest BCUT2D eigenvalue weighted by Gasteiger charge is -2.05. The van der Waals surface area contributed by atoms with E-state index in [4.69, 9.17) is 5.73 Å². The Bertz CT molecular complexity index is 482. The fraction of sp³-hybridized carbons (Fsp3) is 0.294. The lowest BCUT2D eigenvalue weighted by atomic mass is 10.1. The summed E-state index contributed by atoms with van der Waals surface area (Å²) in [5, 5.41) is 0. The zero-order chi connectivity index (χ0) is 13.3. The van der Waals surface area contributed by atoms with Crippen molar-refractivity contribution in [3.8, 4) is 0 Å².